The van der Waals surface area contributed by atoms with Crippen LogP contribution in [0, 0.1) is 0 Å². The van der Waals surface area contributed by atoms with Gasteiger partial charge in [-0.05, 0) is 101 Å². The summed E-state index contributed by atoms with van der Waals surface area (Å²) in [6.07, 6.45) is 0. The third-order valence-corrected chi connectivity index (χ3v) is 11.1. The molecule has 0 atom stereocenters. The molecule has 272 valence electrons. The van der Waals surface area contributed by atoms with E-state index < -0.39 is 0 Å². The molecule has 4 heteroatoms. The Morgan fingerprint density at radius 1 is 0.345 bits per heavy atom. The van der Waals surface area contributed by atoms with Gasteiger partial charge in [0.05, 0.1) is 22.2 Å². The molecule has 0 unspecified atom stereocenters. The minimum Gasteiger partial charge on any atom is -0.310 e. The first kappa shape index (κ1) is 33.5. The van der Waals surface area contributed by atoms with Gasteiger partial charge in [0.1, 0.15) is 0 Å². The van der Waals surface area contributed by atoms with E-state index in [1.807, 2.05) is 18.2 Å². The maximum Gasteiger partial charge on any atom is 0.160 e. The highest BCUT2D eigenvalue weighted by Gasteiger charge is 2.17. The molecule has 0 bridgehead atoms. The molecule has 11 rings (SSSR count). The molecule has 2 heterocycles. The highest BCUT2D eigenvalue weighted by Crippen LogP contribution is 2.39. The fourth-order valence-electron chi connectivity index (χ4n) is 8.38. The van der Waals surface area contributed by atoms with Gasteiger partial charge >= 0.3 is 0 Å². The van der Waals surface area contributed by atoms with Crippen LogP contribution >= 0.6 is 0 Å². The smallest absolute Gasteiger partial charge is 0.160 e. The zero-order valence-corrected chi connectivity index (χ0v) is 31.6. The molecule has 0 radical (unpaired) electrons. The van der Waals surface area contributed by atoms with E-state index in [1.54, 1.807) is 0 Å². The Kier molecular flexibility index (Phi) is 8.11. The average Bonchev–Trinajstić information content (AvgIpc) is 3.63. The average molecular weight is 741 g/mol. The summed E-state index contributed by atoms with van der Waals surface area (Å²) in [6.45, 7) is 0. The Bertz CT molecular complexity index is 3280. The largest absolute Gasteiger partial charge is 0.310 e. The number of para-hydroxylation sites is 3. The molecule has 0 saturated carbocycles. The van der Waals surface area contributed by atoms with E-state index >= 15 is 0 Å². The molecule has 2 aromatic heterocycles. The Morgan fingerprint density at radius 3 is 1.81 bits per heavy atom. The molecule has 0 N–H and O–H groups in total. The SMILES string of the molecule is c1ccc(-c2nc(-c3cccc(-c4ccc5c(c4)c4ccccc4n5-c4ccc(N(c5ccccc5)c5ccc6ccccc6c5)cc4)c3)nc3ccccc23)cc1. The van der Waals surface area contributed by atoms with Crippen molar-refractivity contribution >= 4 is 60.5 Å². The van der Waals surface area contributed by atoms with Crippen molar-refractivity contribution in [2.45, 2.75) is 0 Å². The lowest BCUT2D eigenvalue weighted by molar-refractivity contribution is 1.17. The van der Waals surface area contributed by atoms with E-state index in [9.17, 15) is 0 Å². The van der Waals surface area contributed by atoms with E-state index in [2.05, 4.69) is 210 Å². The number of fused-ring (bicyclic) bond motifs is 5. The van der Waals surface area contributed by atoms with Crippen molar-refractivity contribution in [2.75, 3.05) is 4.90 Å². The molecule has 0 amide bonds. The van der Waals surface area contributed by atoms with Crippen LogP contribution < -0.4 is 4.90 Å². The van der Waals surface area contributed by atoms with Gasteiger partial charge in [0.25, 0.3) is 0 Å². The van der Waals surface area contributed by atoms with Crippen molar-refractivity contribution < 1.29 is 0 Å². The summed E-state index contributed by atoms with van der Waals surface area (Å²) in [6, 6.07) is 77.5. The molecule has 0 saturated heterocycles. The highest BCUT2D eigenvalue weighted by molar-refractivity contribution is 6.10. The van der Waals surface area contributed by atoms with Crippen LogP contribution in [-0.4, -0.2) is 14.5 Å². The van der Waals surface area contributed by atoms with Crippen molar-refractivity contribution in [1.82, 2.24) is 14.5 Å². The summed E-state index contributed by atoms with van der Waals surface area (Å²) in [5, 5.41) is 5.91. The number of aromatic nitrogens is 3. The lowest BCUT2D eigenvalue weighted by atomic mass is 10.00. The molecule has 0 fully saturated rings. The Hall–Kier alpha value is -7.82. The van der Waals surface area contributed by atoms with Crippen LogP contribution in [0.4, 0.5) is 17.1 Å². The third-order valence-electron chi connectivity index (χ3n) is 11.1. The van der Waals surface area contributed by atoms with Crippen molar-refractivity contribution in [3.05, 3.63) is 218 Å². The first-order valence-corrected chi connectivity index (χ1v) is 19.7. The third kappa shape index (κ3) is 5.87. The molecule has 58 heavy (non-hydrogen) atoms. The van der Waals surface area contributed by atoms with Crippen LogP contribution in [-0.2, 0) is 0 Å². The summed E-state index contributed by atoms with van der Waals surface area (Å²) >= 11 is 0. The second-order valence-corrected chi connectivity index (χ2v) is 14.7. The minimum absolute atomic E-state index is 0.715. The summed E-state index contributed by atoms with van der Waals surface area (Å²) in [7, 11) is 0. The molecule has 9 aromatic carbocycles. The molecule has 0 aliphatic rings. The topological polar surface area (TPSA) is 34.0 Å². The highest BCUT2D eigenvalue weighted by atomic mass is 15.1. The van der Waals surface area contributed by atoms with Crippen molar-refractivity contribution in [1.29, 1.82) is 0 Å². The summed E-state index contributed by atoms with van der Waals surface area (Å²) in [5.41, 5.74) is 13.0. The molecule has 0 spiro atoms. The molecule has 0 aliphatic carbocycles. The maximum atomic E-state index is 5.15. The first-order chi connectivity index (χ1) is 28.7. The van der Waals surface area contributed by atoms with Gasteiger partial charge in [-0.1, -0.05) is 140 Å². The predicted molar refractivity (Wildman–Crippen MR) is 242 cm³/mol. The second kappa shape index (κ2) is 14.0. The Balaban J connectivity index is 0.985. The van der Waals surface area contributed by atoms with Gasteiger partial charge < -0.3 is 9.47 Å². The Morgan fingerprint density at radius 2 is 0.966 bits per heavy atom. The standard InChI is InChI=1S/C54H36N4/c1-3-15-38(16-4-1)53-48-23-9-11-24-50(48)55-54(56-53)42-19-13-18-39(34-42)41-27-33-52-49(36-41)47-22-10-12-25-51(47)58(52)45-31-29-44(30-32-45)57(43-20-5-2-6-21-43)46-28-26-37-14-7-8-17-40(37)35-46/h1-36H. The normalized spacial score (nSPS) is 11.4. The van der Waals surface area contributed by atoms with Crippen molar-refractivity contribution in [3.8, 4) is 39.5 Å². The van der Waals surface area contributed by atoms with Gasteiger partial charge in [-0.2, -0.15) is 0 Å². The van der Waals surface area contributed by atoms with Gasteiger partial charge in [-0.25, -0.2) is 9.97 Å². The summed E-state index contributed by atoms with van der Waals surface area (Å²) < 4.78 is 2.38. The molecular formula is C54H36N4. The minimum atomic E-state index is 0.715. The van der Waals surface area contributed by atoms with Crippen LogP contribution in [0.2, 0.25) is 0 Å². The molecular weight excluding hydrogens is 705 g/mol. The van der Waals surface area contributed by atoms with Gasteiger partial charge in [0.15, 0.2) is 5.82 Å². The zero-order valence-electron chi connectivity index (χ0n) is 31.6. The summed E-state index contributed by atoms with van der Waals surface area (Å²) in [4.78, 5) is 12.5. The number of hydrogen-bond donors (Lipinski definition) is 0. The van der Waals surface area contributed by atoms with Gasteiger partial charge in [-0.15, -0.1) is 0 Å². The van der Waals surface area contributed by atoms with Crippen LogP contribution in [0.3, 0.4) is 0 Å². The lowest BCUT2D eigenvalue weighted by Crippen LogP contribution is -2.10. The van der Waals surface area contributed by atoms with Gasteiger partial charge in [-0.3, -0.25) is 0 Å². The van der Waals surface area contributed by atoms with Gasteiger partial charge in [0.2, 0.25) is 0 Å². The van der Waals surface area contributed by atoms with Crippen LogP contribution in [0.25, 0.3) is 82.9 Å². The monoisotopic (exact) mass is 740 g/mol. The van der Waals surface area contributed by atoms with Crippen LogP contribution in [0.15, 0.2) is 218 Å². The van der Waals surface area contributed by atoms with Crippen LogP contribution in [0.1, 0.15) is 0 Å². The van der Waals surface area contributed by atoms with E-state index in [-0.39, 0.29) is 0 Å². The van der Waals surface area contributed by atoms with Crippen molar-refractivity contribution in [3.63, 3.8) is 0 Å². The van der Waals surface area contributed by atoms with E-state index in [0.717, 1.165) is 67.1 Å². The van der Waals surface area contributed by atoms with Crippen LogP contribution in [0.5, 0.6) is 0 Å². The fraction of sp³-hybridized carbons (Fsp3) is 0. The molecule has 0 aliphatic heterocycles. The summed E-state index contributed by atoms with van der Waals surface area (Å²) in [5.74, 6) is 0.715. The Labute approximate surface area is 336 Å². The second-order valence-electron chi connectivity index (χ2n) is 14.7. The number of rotatable bonds is 7. The quantitative estimate of drug-likeness (QED) is 0.163. The molecule has 4 nitrogen and oxygen atoms in total. The van der Waals surface area contributed by atoms with E-state index in [1.165, 1.54) is 27.1 Å². The van der Waals surface area contributed by atoms with Gasteiger partial charge in [0, 0.05) is 50.0 Å². The predicted octanol–water partition coefficient (Wildman–Crippen LogP) is 14.4. The van der Waals surface area contributed by atoms with E-state index in [0.29, 0.717) is 5.82 Å². The maximum absolute atomic E-state index is 5.15. The molecule has 11 aromatic rings. The number of nitrogens with zero attached hydrogens (tertiary/aromatic N) is 4. The van der Waals surface area contributed by atoms with E-state index in [4.69, 9.17) is 9.97 Å². The number of benzene rings is 9. The number of hydrogen-bond acceptors (Lipinski definition) is 3. The fourth-order valence-corrected chi connectivity index (χ4v) is 8.38. The first-order valence-electron chi connectivity index (χ1n) is 19.7. The number of anilines is 3. The lowest BCUT2D eigenvalue weighted by Gasteiger charge is -2.26. The zero-order chi connectivity index (χ0) is 38.4. The van der Waals surface area contributed by atoms with Crippen molar-refractivity contribution in [2.24, 2.45) is 0 Å².